The zero-order chi connectivity index (χ0) is 15.1. The van der Waals surface area contributed by atoms with E-state index in [9.17, 15) is 4.79 Å². The van der Waals surface area contributed by atoms with E-state index in [0.717, 1.165) is 24.2 Å². The molecule has 5 heteroatoms. The predicted molar refractivity (Wildman–Crippen MR) is 83.2 cm³/mol. The number of amides is 1. The van der Waals surface area contributed by atoms with Gasteiger partial charge in [-0.25, -0.2) is 4.98 Å². The van der Waals surface area contributed by atoms with Gasteiger partial charge in [0.15, 0.2) is 0 Å². The van der Waals surface area contributed by atoms with Crippen molar-refractivity contribution in [1.82, 2.24) is 15.3 Å². The van der Waals surface area contributed by atoms with Gasteiger partial charge in [0.05, 0.1) is 12.2 Å². The van der Waals surface area contributed by atoms with Gasteiger partial charge in [0.1, 0.15) is 11.5 Å². The van der Waals surface area contributed by atoms with Crippen molar-refractivity contribution >= 4 is 11.7 Å². The Labute approximate surface area is 124 Å². The Morgan fingerprint density at radius 1 is 1.19 bits per heavy atom. The van der Waals surface area contributed by atoms with Crippen LogP contribution in [0.1, 0.15) is 35.6 Å². The Balaban J connectivity index is 2.03. The number of anilines is 1. The summed E-state index contributed by atoms with van der Waals surface area (Å²) in [5.74, 6) is 0.514. The number of aromatic nitrogens is 2. The molecule has 2 rings (SSSR count). The maximum atomic E-state index is 12.1. The number of nitrogens with one attached hydrogen (secondary N) is 2. The second kappa shape index (κ2) is 7.38. The normalized spacial score (nSPS) is 10.2. The van der Waals surface area contributed by atoms with E-state index >= 15 is 0 Å². The molecule has 0 aliphatic carbocycles. The van der Waals surface area contributed by atoms with Crippen molar-refractivity contribution < 1.29 is 4.79 Å². The van der Waals surface area contributed by atoms with E-state index in [2.05, 4.69) is 27.5 Å². The monoisotopic (exact) mass is 284 g/mol. The first-order chi connectivity index (χ1) is 10.2. The Bertz CT molecular complexity index is 613. The van der Waals surface area contributed by atoms with Crippen molar-refractivity contribution in [1.29, 1.82) is 0 Å². The molecule has 0 bridgehead atoms. The third-order valence-electron chi connectivity index (χ3n) is 3.12. The van der Waals surface area contributed by atoms with E-state index in [-0.39, 0.29) is 5.91 Å². The first kappa shape index (κ1) is 15.0. The van der Waals surface area contributed by atoms with E-state index in [0.29, 0.717) is 18.1 Å². The zero-order valence-corrected chi connectivity index (χ0v) is 12.4. The van der Waals surface area contributed by atoms with Crippen molar-refractivity contribution in [3.05, 3.63) is 53.5 Å². The highest BCUT2D eigenvalue weighted by molar-refractivity contribution is 5.92. The molecule has 0 saturated heterocycles. The second-order valence-corrected chi connectivity index (χ2v) is 4.58. The maximum absolute atomic E-state index is 12.1. The number of carbonyl (C=O) groups is 1. The summed E-state index contributed by atoms with van der Waals surface area (Å²) in [7, 11) is 0. The maximum Gasteiger partial charge on any atom is 0.270 e. The van der Waals surface area contributed by atoms with Crippen molar-refractivity contribution in [2.75, 3.05) is 11.9 Å². The molecular weight excluding hydrogens is 264 g/mol. The van der Waals surface area contributed by atoms with Gasteiger partial charge in [-0.1, -0.05) is 19.1 Å². The summed E-state index contributed by atoms with van der Waals surface area (Å²) in [5.41, 5.74) is 2.45. The summed E-state index contributed by atoms with van der Waals surface area (Å²) in [6.07, 6.45) is 2.64. The summed E-state index contributed by atoms with van der Waals surface area (Å²) >= 11 is 0. The molecule has 5 nitrogen and oxygen atoms in total. The molecule has 2 aromatic heterocycles. The molecule has 110 valence electrons. The van der Waals surface area contributed by atoms with Gasteiger partial charge in [0, 0.05) is 12.7 Å². The molecule has 21 heavy (non-hydrogen) atoms. The topological polar surface area (TPSA) is 66.9 Å². The van der Waals surface area contributed by atoms with Crippen LogP contribution in [0.4, 0.5) is 5.82 Å². The number of rotatable bonds is 6. The van der Waals surface area contributed by atoms with Crippen LogP contribution in [0.25, 0.3) is 0 Å². The highest BCUT2D eigenvalue weighted by atomic mass is 16.1. The Morgan fingerprint density at radius 2 is 2.05 bits per heavy atom. The van der Waals surface area contributed by atoms with Crippen LogP contribution in [0.5, 0.6) is 0 Å². The molecule has 2 N–H and O–H groups in total. The molecule has 0 unspecified atom stereocenters. The van der Waals surface area contributed by atoms with Crippen LogP contribution in [0.15, 0.2) is 36.5 Å². The van der Waals surface area contributed by atoms with E-state index in [1.54, 1.807) is 12.3 Å². The quantitative estimate of drug-likeness (QED) is 0.855. The summed E-state index contributed by atoms with van der Waals surface area (Å²) in [4.78, 5) is 20.7. The van der Waals surface area contributed by atoms with Crippen molar-refractivity contribution in [2.24, 2.45) is 0 Å². The minimum absolute atomic E-state index is 0.192. The van der Waals surface area contributed by atoms with Crippen molar-refractivity contribution in [3.63, 3.8) is 0 Å². The van der Waals surface area contributed by atoms with Crippen LogP contribution in [0.3, 0.4) is 0 Å². The van der Waals surface area contributed by atoms with Gasteiger partial charge >= 0.3 is 0 Å². The zero-order valence-electron chi connectivity index (χ0n) is 12.4. The van der Waals surface area contributed by atoms with E-state index < -0.39 is 0 Å². The Kier molecular flexibility index (Phi) is 5.26. The molecule has 0 radical (unpaired) electrons. The lowest BCUT2D eigenvalue weighted by Gasteiger charge is -2.09. The largest absolute Gasteiger partial charge is 0.370 e. The molecule has 0 fully saturated rings. The average Bonchev–Trinajstić information content (AvgIpc) is 2.53. The van der Waals surface area contributed by atoms with E-state index in [1.807, 2.05) is 31.2 Å². The minimum atomic E-state index is -0.192. The van der Waals surface area contributed by atoms with E-state index in [1.165, 1.54) is 0 Å². The molecule has 1 amide bonds. The molecule has 2 aromatic rings. The van der Waals surface area contributed by atoms with Crippen LogP contribution in [0, 0.1) is 0 Å². The molecule has 0 aromatic carbocycles. The minimum Gasteiger partial charge on any atom is -0.370 e. The standard InChI is InChI=1S/C16H20N4O/c1-3-12-7-6-10-18-14(12)11-19-16(21)13-8-5-9-15(20-13)17-4-2/h5-10H,3-4,11H2,1-2H3,(H,17,20)(H,19,21). The van der Waals surface area contributed by atoms with E-state index in [4.69, 9.17) is 0 Å². The number of carbonyl (C=O) groups excluding carboxylic acids is 1. The fourth-order valence-corrected chi connectivity index (χ4v) is 2.05. The summed E-state index contributed by atoms with van der Waals surface area (Å²) in [5, 5.41) is 5.96. The number of hydrogen-bond acceptors (Lipinski definition) is 4. The number of nitrogens with zero attached hydrogens (tertiary/aromatic N) is 2. The molecule has 0 aliphatic heterocycles. The highest BCUT2D eigenvalue weighted by Gasteiger charge is 2.09. The lowest BCUT2D eigenvalue weighted by Crippen LogP contribution is -2.25. The molecule has 2 heterocycles. The van der Waals surface area contributed by atoms with Crippen LogP contribution >= 0.6 is 0 Å². The predicted octanol–water partition coefficient (Wildman–Crippen LogP) is 2.40. The molecule has 0 aliphatic rings. The van der Waals surface area contributed by atoms with Gasteiger partial charge in [0.2, 0.25) is 0 Å². The van der Waals surface area contributed by atoms with Crippen molar-refractivity contribution in [2.45, 2.75) is 26.8 Å². The number of aryl methyl sites for hydroxylation is 1. The van der Waals surface area contributed by atoms with Crippen LogP contribution in [-0.2, 0) is 13.0 Å². The van der Waals surface area contributed by atoms with Gasteiger partial charge in [-0.05, 0) is 37.1 Å². The Morgan fingerprint density at radius 3 is 2.81 bits per heavy atom. The van der Waals surface area contributed by atoms with Crippen LogP contribution in [-0.4, -0.2) is 22.4 Å². The molecule has 0 atom stereocenters. The van der Waals surface area contributed by atoms with Crippen LogP contribution < -0.4 is 10.6 Å². The first-order valence-electron chi connectivity index (χ1n) is 7.16. The fraction of sp³-hybridized carbons (Fsp3) is 0.312. The lowest BCUT2D eigenvalue weighted by atomic mass is 10.1. The SMILES string of the molecule is CCNc1cccc(C(=O)NCc2ncccc2CC)n1. The van der Waals surface area contributed by atoms with Gasteiger partial charge in [-0.3, -0.25) is 9.78 Å². The summed E-state index contributed by atoms with van der Waals surface area (Å²) in [6.45, 7) is 5.24. The van der Waals surface area contributed by atoms with Gasteiger partial charge in [-0.2, -0.15) is 0 Å². The smallest absolute Gasteiger partial charge is 0.270 e. The lowest BCUT2D eigenvalue weighted by molar-refractivity contribution is 0.0945. The van der Waals surface area contributed by atoms with Crippen molar-refractivity contribution in [3.8, 4) is 0 Å². The first-order valence-corrected chi connectivity index (χ1v) is 7.16. The van der Waals surface area contributed by atoms with Gasteiger partial charge in [-0.15, -0.1) is 0 Å². The fourth-order valence-electron chi connectivity index (χ4n) is 2.05. The highest BCUT2D eigenvalue weighted by Crippen LogP contribution is 2.07. The second-order valence-electron chi connectivity index (χ2n) is 4.58. The third-order valence-corrected chi connectivity index (χ3v) is 3.12. The Hall–Kier alpha value is -2.43. The number of pyridine rings is 2. The molecule has 0 saturated carbocycles. The molecule has 0 spiro atoms. The van der Waals surface area contributed by atoms with Gasteiger partial charge < -0.3 is 10.6 Å². The summed E-state index contributed by atoms with van der Waals surface area (Å²) < 4.78 is 0. The van der Waals surface area contributed by atoms with Crippen LogP contribution in [0.2, 0.25) is 0 Å². The van der Waals surface area contributed by atoms with Gasteiger partial charge in [0.25, 0.3) is 5.91 Å². The third kappa shape index (κ3) is 4.02. The average molecular weight is 284 g/mol. The molecular formula is C16H20N4O. The number of hydrogen-bond donors (Lipinski definition) is 2. The summed E-state index contributed by atoms with van der Waals surface area (Å²) in [6, 6.07) is 9.30.